The van der Waals surface area contributed by atoms with Gasteiger partial charge in [-0.15, -0.1) is 0 Å². The summed E-state index contributed by atoms with van der Waals surface area (Å²) in [6.07, 6.45) is 9.07. The van der Waals surface area contributed by atoms with E-state index in [0.717, 1.165) is 48.2 Å². The highest BCUT2D eigenvalue weighted by atomic mass is 32.2. The minimum Gasteiger partial charge on any atom is -0.346 e. The Morgan fingerprint density at radius 1 is 1.17 bits per heavy atom. The third kappa shape index (κ3) is 3.32. The lowest BCUT2D eigenvalue weighted by molar-refractivity contribution is 0.0882. The Balaban J connectivity index is 1.20. The summed E-state index contributed by atoms with van der Waals surface area (Å²) < 4.78 is 28.3. The van der Waals surface area contributed by atoms with Crippen molar-refractivity contribution in [1.82, 2.24) is 33.9 Å². The highest BCUT2D eigenvalue weighted by molar-refractivity contribution is 7.89. The molecule has 30 heavy (non-hydrogen) atoms. The molecule has 159 valence electrons. The van der Waals surface area contributed by atoms with E-state index < -0.39 is 10.0 Å². The number of piperidine rings is 1. The van der Waals surface area contributed by atoms with Gasteiger partial charge in [0.1, 0.15) is 18.0 Å². The number of sulfonamides is 1. The second-order valence-corrected chi connectivity index (χ2v) is 10.8. The van der Waals surface area contributed by atoms with Crippen LogP contribution in [-0.2, 0) is 10.0 Å². The first kappa shape index (κ1) is 19.7. The summed E-state index contributed by atoms with van der Waals surface area (Å²) in [6.45, 7) is 6.46. The second kappa shape index (κ2) is 7.44. The molecule has 0 unspecified atom stereocenters. The zero-order chi connectivity index (χ0) is 20.9. The topological polar surface area (TPSA) is 100 Å². The number of likely N-dealkylation sites (tertiary alicyclic amines) is 1. The SMILES string of the molecule is CC(C)S(=O)(=O)N1CCC(N2C[C](n3cc(-c4ncnc5[nH]ccc45)cn3)C2)CC1. The van der Waals surface area contributed by atoms with Crippen LogP contribution in [0.1, 0.15) is 26.7 Å². The maximum atomic E-state index is 12.4. The maximum absolute atomic E-state index is 12.4. The molecule has 0 saturated carbocycles. The molecule has 0 aliphatic carbocycles. The Morgan fingerprint density at radius 3 is 2.67 bits per heavy atom. The van der Waals surface area contributed by atoms with E-state index >= 15 is 0 Å². The van der Waals surface area contributed by atoms with E-state index in [-0.39, 0.29) is 5.25 Å². The maximum Gasteiger partial charge on any atom is 0.216 e. The van der Waals surface area contributed by atoms with Crippen molar-refractivity contribution in [2.45, 2.75) is 38.0 Å². The van der Waals surface area contributed by atoms with Crippen molar-refractivity contribution in [3.8, 4) is 11.3 Å². The normalized spacial score (nSPS) is 20.2. The van der Waals surface area contributed by atoms with Crippen LogP contribution in [0, 0.1) is 6.04 Å². The molecule has 0 atom stereocenters. The number of aromatic amines is 1. The van der Waals surface area contributed by atoms with Crippen molar-refractivity contribution in [2.24, 2.45) is 0 Å². The van der Waals surface area contributed by atoms with Crippen LogP contribution in [0.5, 0.6) is 0 Å². The summed E-state index contributed by atoms with van der Waals surface area (Å²) in [5.41, 5.74) is 2.67. The van der Waals surface area contributed by atoms with Crippen LogP contribution in [-0.4, -0.2) is 79.8 Å². The number of fused-ring (bicyclic) bond motifs is 1. The van der Waals surface area contributed by atoms with Crippen molar-refractivity contribution in [3.63, 3.8) is 0 Å². The summed E-state index contributed by atoms with van der Waals surface area (Å²) >= 11 is 0. The molecule has 0 amide bonds. The molecule has 5 rings (SSSR count). The number of nitrogens with one attached hydrogen (secondary N) is 1. The minimum absolute atomic E-state index is 0.352. The van der Waals surface area contributed by atoms with Gasteiger partial charge < -0.3 is 4.98 Å². The number of hydrogen-bond donors (Lipinski definition) is 1. The van der Waals surface area contributed by atoms with Gasteiger partial charge in [-0.25, -0.2) is 22.7 Å². The van der Waals surface area contributed by atoms with Gasteiger partial charge in [-0.05, 0) is 32.8 Å². The fraction of sp³-hybridized carbons (Fsp3) is 0.500. The van der Waals surface area contributed by atoms with Gasteiger partial charge in [0.25, 0.3) is 0 Å². The molecule has 3 aromatic heterocycles. The predicted octanol–water partition coefficient (Wildman–Crippen LogP) is 1.72. The van der Waals surface area contributed by atoms with Gasteiger partial charge in [-0.2, -0.15) is 5.10 Å². The molecule has 9 nitrogen and oxygen atoms in total. The van der Waals surface area contributed by atoms with E-state index in [1.807, 2.05) is 29.3 Å². The third-order valence-corrected chi connectivity index (χ3v) is 8.48. The molecule has 0 aromatic carbocycles. The molecule has 2 aliphatic rings. The molecule has 2 saturated heterocycles. The Hall–Kier alpha value is -2.30. The molecular formula is C20H26N7O2S. The van der Waals surface area contributed by atoms with Crippen LogP contribution in [0.3, 0.4) is 0 Å². The molecule has 2 aliphatic heterocycles. The van der Waals surface area contributed by atoms with Crippen molar-refractivity contribution in [2.75, 3.05) is 26.2 Å². The van der Waals surface area contributed by atoms with Crippen molar-refractivity contribution >= 4 is 21.1 Å². The molecule has 1 N–H and O–H groups in total. The van der Waals surface area contributed by atoms with E-state index in [4.69, 9.17) is 0 Å². The summed E-state index contributed by atoms with van der Waals surface area (Å²) in [7, 11) is -3.14. The first-order valence-electron chi connectivity index (χ1n) is 10.3. The molecule has 10 heteroatoms. The quantitative estimate of drug-likeness (QED) is 0.664. The van der Waals surface area contributed by atoms with Gasteiger partial charge in [0.2, 0.25) is 10.0 Å². The molecule has 3 aromatic rings. The minimum atomic E-state index is -3.14. The zero-order valence-electron chi connectivity index (χ0n) is 17.2. The first-order chi connectivity index (χ1) is 14.4. The lowest BCUT2D eigenvalue weighted by Crippen LogP contribution is -2.56. The number of hydrogen-bond acceptors (Lipinski definition) is 6. The zero-order valence-corrected chi connectivity index (χ0v) is 18.0. The van der Waals surface area contributed by atoms with E-state index in [1.165, 1.54) is 6.04 Å². The second-order valence-electron chi connectivity index (χ2n) is 8.33. The average molecular weight is 429 g/mol. The highest BCUT2D eigenvalue weighted by Gasteiger charge is 2.38. The summed E-state index contributed by atoms with van der Waals surface area (Å²) in [6, 6.07) is 3.66. The summed E-state index contributed by atoms with van der Waals surface area (Å²) in [4.78, 5) is 14.2. The van der Waals surface area contributed by atoms with E-state index in [9.17, 15) is 8.42 Å². The standard InChI is InChI=1S/C20H26N7O2S/c1-14(2)30(28,29)26-7-4-16(5-8-26)25-11-17(12-25)27-10-15(9-24-27)19-18-3-6-21-20(18)23-13-22-19/h3,6,9-10,13-14,16H,4-5,7-8,11-12H2,1-2H3,(H,21,22,23). The number of rotatable bonds is 5. The Kier molecular flexibility index (Phi) is 4.87. The molecule has 1 radical (unpaired) electrons. The number of aromatic nitrogens is 5. The lowest BCUT2D eigenvalue weighted by atomic mass is 9.98. The Bertz CT molecular complexity index is 1140. The number of H-pyrrole nitrogens is 1. The molecular weight excluding hydrogens is 402 g/mol. The van der Waals surface area contributed by atoms with Crippen molar-refractivity contribution < 1.29 is 8.42 Å². The van der Waals surface area contributed by atoms with Gasteiger partial charge in [0.05, 0.1) is 17.1 Å². The Morgan fingerprint density at radius 2 is 1.93 bits per heavy atom. The van der Waals surface area contributed by atoms with Crippen molar-refractivity contribution in [1.29, 1.82) is 0 Å². The monoisotopic (exact) mass is 428 g/mol. The van der Waals surface area contributed by atoms with E-state index in [0.29, 0.717) is 19.1 Å². The summed E-state index contributed by atoms with van der Waals surface area (Å²) in [5, 5.41) is 5.18. The van der Waals surface area contributed by atoms with Gasteiger partial charge in [-0.1, -0.05) is 0 Å². The molecule has 5 heterocycles. The lowest BCUT2D eigenvalue weighted by Gasteiger charge is -2.46. The van der Waals surface area contributed by atoms with Crippen LogP contribution >= 0.6 is 0 Å². The molecule has 0 spiro atoms. The highest BCUT2D eigenvalue weighted by Crippen LogP contribution is 2.30. The molecule has 2 fully saturated rings. The van der Waals surface area contributed by atoms with E-state index in [1.54, 1.807) is 24.5 Å². The molecule has 0 bridgehead atoms. The average Bonchev–Trinajstić information content (AvgIpc) is 3.36. The van der Waals surface area contributed by atoms with Gasteiger partial charge >= 0.3 is 0 Å². The summed E-state index contributed by atoms with van der Waals surface area (Å²) in [5.74, 6) is 0. The van der Waals surface area contributed by atoms with E-state index in [2.05, 4.69) is 25.0 Å². The Labute approximate surface area is 176 Å². The fourth-order valence-electron chi connectivity index (χ4n) is 4.31. The van der Waals surface area contributed by atoms with Gasteiger partial charge in [-0.3, -0.25) is 9.58 Å². The van der Waals surface area contributed by atoms with Gasteiger partial charge in [0, 0.05) is 55.6 Å². The predicted molar refractivity (Wildman–Crippen MR) is 114 cm³/mol. The van der Waals surface area contributed by atoms with Crippen LogP contribution in [0.15, 0.2) is 31.0 Å². The largest absolute Gasteiger partial charge is 0.346 e. The van der Waals surface area contributed by atoms with Crippen LogP contribution in [0.25, 0.3) is 22.3 Å². The van der Waals surface area contributed by atoms with Crippen LogP contribution in [0.2, 0.25) is 0 Å². The van der Waals surface area contributed by atoms with Crippen LogP contribution < -0.4 is 0 Å². The van der Waals surface area contributed by atoms with Crippen LogP contribution in [0.4, 0.5) is 0 Å². The third-order valence-electron chi connectivity index (χ3n) is 6.20. The first-order valence-corrected chi connectivity index (χ1v) is 11.8. The van der Waals surface area contributed by atoms with Crippen molar-refractivity contribution in [3.05, 3.63) is 37.0 Å². The smallest absolute Gasteiger partial charge is 0.216 e. The fourth-order valence-corrected chi connectivity index (χ4v) is 5.62. The number of nitrogens with zero attached hydrogens (tertiary/aromatic N) is 6. The van der Waals surface area contributed by atoms with Gasteiger partial charge in [0.15, 0.2) is 0 Å².